The summed E-state index contributed by atoms with van der Waals surface area (Å²) >= 11 is 0. The molecule has 0 saturated carbocycles. The molecule has 0 amide bonds. The van der Waals surface area contributed by atoms with Gasteiger partial charge < -0.3 is 9.80 Å². The van der Waals surface area contributed by atoms with Crippen LogP contribution in [0.15, 0.2) is 42.7 Å². The van der Waals surface area contributed by atoms with E-state index in [-0.39, 0.29) is 0 Å². The summed E-state index contributed by atoms with van der Waals surface area (Å²) in [7, 11) is 0. The predicted octanol–water partition coefficient (Wildman–Crippen LogP) is 7.71. The van der Waals surface area contributed by atoms with E-state index in [1.165, 1.54) is 95.6 Å². The topological polar surface area (TPSA) is 6.48 Å². The Hall–Kier alpha value is -1.44. The van der Waals surface area contributed by atoms with E-state index in [4.69, 9.17) is 0 Å². The summed E-state index contributed by atoms with van der Waals surface area (Å²) in [4.78, 5) is 5.19. The van der Waals surface area contributed by atoms with E-state index in [0.717, 1.165) is 6.54 Å². The second-order valence-corrected chi connectivity index (χ2v) is 8.50. The maximum atomic E-state index is 2.62. The van der Waals surface area contributed by atoms with Crippen LogP contribution in [0.2, 0.25) is 0 Å². The molecule has 0 saturated heterocycles. The summed E-state index contributed by atoms with van der Waals surface area (Å²) < 4.78 is 0. The maximum Gasteiger partial charge on any atom is 0.101 e. The van der Waals surface area contributed by atoms with Crippen LogP contribution in [0.1, 0.15) is 103 Å². The van der Waals surface area contributed by atoms with Crippen LogP contribution >= 0.6 is 0 Å². The summed E-state index contributed by atoms with van der Waals surface area (Å²) in [5, 5.41) is 0. The van der Waals surface area contributed by atoms with E-state index in [1.807, 2.05) is 0 Å². The molecule has 2 heteroatoms. The molecule has 1 aromatic rings. The van der Waals surface area contributed by atoms with Gasteiger partial charge >= 0.3 is 0 Å². The van der Waals surface area contributed by atoms with Gasteiger partial charge in [-0.05, 0) is 24.8 Å². The molecule has 1 heterocycles. The molecule has 1 unspecified atom stereocenters. The van der Waals surface area contributed by atoms with Crippen molar-refractivity contribution in [2.75, 3.05) is 6.54 Å². The highest BCUT2D eigenvalue weighted by molar-refractivity contribution is 5.15. The Balaban J connectivity index is 1.77. The van der Waals surface area contributed by atoms with Gasteiger partial charge in [-0.1, -0.05) is 108 Å². The van der Waals surface area contributed by atoms with Crippen LogP contribution in [0.5, 0.6) is 0 Å². The van der Waals surface area contributed by atoms with Gasteiger partial charge in [-0.15, -0.1) is 0 Å². The average molecular weight is 385 g/mol. The number of rotatable bonds is 16. The third-order valence-corrected chi connectivity index (χ3v) is 6.01. The van der Waals surface area contributed by atoms with Gasteiger partial charge in [0.05, 0.1) is 0 Å². The van der Waals surface area contributed by atoms with Gasteiger partial charge in [0.1, 0.15) is 6.17 Å². The molecule has 2 nitrogen and oxygen atoms in total. The first kappa shape index (κ1) is 22.8. The van der Waals surface area contributed by atoms with Crippen molar-refractivity contribution in [3.05, 3.63) is 48.3 Å². The summed E-state index contributed by atoms with van der Waals surface area (Å²) in [5.41, 5.74) is 1.42. The lowest BCUT2D eigenvalue weighted by molar-refractivity contribution is 0.132. The van der Waals surface area contributed by atoms with Crippen molar-refractivity contribution in [3.8, 4) is 0 Å². The molecule has 0 aliphatic carbocycles. The number of nitrogens with zero attached hydrogens (tertiary/aromatic N) is 2. The zero-order valence-corrected chi connectivity index (χ0v) is 18.6. The standard InChI is InChI=1S/C26H44N2/c1-3-5-7-9-10-12-17-21-27-22-23-28(24-25-18-14-13-15-19-25)26(27)20-16-11-8-6-4-2/h13-15,18-19,22-23,26H,3-12,16-17,20-21,24H2,1-2H3. The van der Waals surface area contributed by atoms with Gasteiger partial charge in [0.15, 0.2) is 0 Å². The van der Waals surface area contributed by atoms with Crippen molar-refractivity contribution >= 4 is 0 Å². The Morgan fingerprint density at radius 2 is 1.21 bits per heavy atom. The minimum atomic E-state index is 0.557. The van der Waals surface area contributed by atoms with Gasteiger partial charge in [0.25, 0.3) is 0 Å². The maximum absolute atomic E-state index is 2.62. The first-order valence-electron chi connectivity index (χ1n) is 12.1. The Bertz CT molecular complexity index is 510. The van der Waals surface area contributed by atoms with Crippen molar-refractivity contribution in [2.24, 2.45) is 0 Å². The fourth-order valence-corrected chi connectivity index (χ4v) is 4.25. The molecule has 0 radical (unpaired) electrons. The number of unbranched alkanes of at least 4 members (excludes halogenated alkanes) is 10. The minimum absolute atomic E-state index is 0.557. The summed E-state index contributed by atoms with van der Waals surface area (Å²) in [6.07, 6.45) is 23.1. The van der Waals surface area contributed by atoms with E-state index >= 15 is 0 Å². The summed E-state index contributed by atoms with van der Waals surface area (Å²) in [6.45, 7) is 6.84. The van der Waals surface area contributed by atoms with Crippen LogP contribution in [-0.2, 0) is 6.54 Å². The lowest BCUT2D eigenvalue weighted by Crippen LogP contribution is -2.38. The third-order valence-electron chi connectivity index (χ3n) is 6.01. The quantitative estimate of drug-likeness (QED) is 0.269. The van der Waals surface area contributed by atoms with Gasteiger partial charge in [-0.3, -0.25) is 0 Å². The highest BCUT2D eigenvalue weighted by Crippen LogP contribution is 2.24. The zero-order valence-electron chi connectivity index (χ0n) is 18.6. The predicted molar refractivity (Wildman–Crippen MR) is 123 cm³/mol. The van der Waals surface area contributed by atoms with Crippen molar-refractivity contribution in [1.82, 2.24) is 9.80 Å². The highest BCUT2D eigenvalue weighted by Gasteiger charge is 2.25. The second-order valence-electron chi connectivity index (χ2n) is 8.50. The largest absolute Gasteiger partial charge is 0.356 e. The third kappa shape index (κ3) is 8.71. The van der Waals surface area contributed by atoms with Crippen LogP contribution in [0, 0.1) is 0 Å². The molecule has 0 fully saturated rings. The normalized spacial score (nSPS) is 16.3. The van der Waals surface area contributed by atoms with Crippen LogP contribution in [0.25, 0.3) is 0 Å². The van der Waals surface area contributed by atoms with Gasteiger partial charge in [-0.25, -0.2) is 0 Å². The first-order valence-corrected chi connectivity index (χ1v) is 12.1. The van der Waals surface area contributed by atoms with E-state index in [2.05, 4.69) is 66.4 Å². The Morgan fingerprint density at radius 1 is 0.643 bits per heavy atom. The fourth-order valence-electron chi connectivity index (χ4n) is 4.25. The number of hydrogen-bond donors (Lipinski definition) is 0. The van der Waals surface area contributed by atoms with Gasteiger partial charge in [0, 0.05) is 25.5 Å². The Labute approximate surface area is 175 Å². The monoisotopic (exact) mass is 384 g/mol. The van der Waals surface area contributed by atoms with E-state index in [1.54, 1.807) is 0 Å². The zero-order chi connectivity index (χ0) is 19.9. The second kappa shape index (κ2) is 14.5. The molecule has 1 aliphatic heterocycles. The van der Waals surface area contributed by atoms with E-state index in [9.17, 15) is 0 Å². The van der Waals surface area contributed by atoms with Crippen LogP contribution < -0.4 is 0 Å². The molecule has 0 spiro atoms. The highest BCUT2D eigenvalue weighted by atomic mass is 15.4. The molecule has 0 N–H and O–H groups in total. The molecule has 1 aromatic carbocycles. The molecule has 2 rings (SSSR count). The Morgan fingerprint density at radius 3 is 1.89 bits per heavy atom. The molecule has 158 valence electrons. The molecular weight excluding hydrogens is 340 g/mol. The van der Waals surface area contributed by atoms with E-state index in [0.29, 0.717) is 6.17 Å². The summed E-state index contributed by atoms with van der Waals surface area (Å²) in [6, 6.07) is 10.9. The molecule has 0 bridgehead atoms. The smallest absolute Gasteiger partial charge is 0.101 e. The van der Waals surface area contributed by atoms with Crippen molar-refractivity contribution < 1.29 is 0 Å². The summed E-state index contributed by atoms with van der Waals surface area (Å²) in [5.74, 6) is 0. The minimum Gasteiger partial charge on any atom is -0.356 e. The van der Waals surface area contributed by atoms with Gasteiger partial charge in [-0.2, -0.15) is 0 Å². The van der Waals surface area contributed by atoms with Crippen LogP contribution in [0.4, 0.5) is 0 Å². The molecule has 28 heavy (non-hydrogen) atoms. The molecule has 0 aromatic heterocycles. The van der Waals surface area contributed by atoms with Crippen molar-refractivity contribution in [3.63, 3.8) is 0 Å². The lowest BCUT2D eigenvalue weighted by Gasteiger charge is -2.33. The van der Waals surface area contributed by atoms with Crippen molar-refractivity contribution in [1.29, 1.82) is 0 Å². The van der Waals surface area contributed by atoms with Crippen LogP contribution in [-0.4, -0.2) is 22.5 Å². The van der Waals surface area contributed by atoms with Crippen molar-refractivity contribution in [2.45, 2.75) is 110 Å². The fraction of sp³-hybridized carbons (Fsp3) is 0.692. The first-order chi connectivity index (χ1) is 13.8. The lowest BCUT2D eigenvalue weighted by atomic mass is 10.1. The van der Waals surface area contributed by atoms with Crippen LogP contribution in [0.3, 0.4) is 0 Å². The molecular formula is C26H44N2. The van der Waals surface area contributed by atoms with Gasteiger partial charge in [0.2, 0.25) is 0 Å². The van der Waals surface area contributed by atoms with E-state index < -0.39 is 0 Å². The SMILES string of the molecule is CCCCCCCCCN1C=CN(Cc2ccccc2)C1CCCCCCC. The number of hydrogen-bond acceptors (Lipinski definition) is 2. The Kier molecular flexibility index (Phi) is 11.9. The molecule has 1 aliphatic rings. The number of benzene rings is 1. The average Bonchev–Trinajstić information content (AvgIpc) is 3.09. The molecule has 1 atom stereocenters.